The molecular formula is C13H15NO. The van der Waals surface area contributed by atoms with E-state index in [2.05, 4.69) is 30.4 Å². The molecule has 0 saturated carbocycles. The highest BCUT2D eigenvalue weighted by Gasteiger charge is 2.18. The van der Waals surface area contributed by atoms with E-state index in [9.17, 15) is 0 Å². The molecule has 1 aromatic heterocycles. The first-order chi connectivity index (χ1) is 7.34. The van der Waals surface area contributed by atoms with Crippen molar-refractivity contribution in [1.29, 1.82) is 0 Å². The Kier molecular flexibility index (Phi) is 2.03. The smallest absolute Gasteiger partial charge is 0.134 e. The van der Waals surface area contributed by atoms with E-state index in [1.807, 2.05) is 6.07 Å². The Morgan fingerprint density at radius 2 is 2.20 bits per heavy atom. The summed E-state index contributed by atoms with van der Waals surface area (Å²) in [6, 6.07) is 8.86. The molecule has 0 aliphatic carbocycles. The van der Waals surface area contributed by atoms with Crippen LogP contribution in [-0.4, -0.2) is 12.6 Å². The molecule has 2 heterocycles. The van der Waals surface area contributed by atoms with Crippen LogP contribution in [0.25, 0.3) is 11.0 Å². The molecule has 78 valence electrons. The normalized spacial score (nSPS) is 21.3. The summed E-state index contributed by atoms with van der Waals surface area (Å²) >= 11 is 0. The molecule has 0 bridgehead atoms. The molecule has 1 atom stereocenters. The molecule has 2 nitrogen and oxygen atoms in total. The molecule has 1 unspecified atom stereocenters. The largest absolute Gasteiger partial charge is 0.461 e. The van der Waals surface area contributed by atoms with Gasteiger partial charge in [0.15, 0.2) is 0 Å². The van der Waals surface area contributed by atoms with Gasteiger partial charge in [-0.25, -0.2) is 0 Å². The van der Waals surface area contributed by atoms with Gasteiger partial charge in [0.25, 0.3) is 0 Å². The van der Waals surface area contributed by atoms with Gasteiger partial charge in [0.2, 0.25) is 0 Å². The lowest BCUT2D eigenvalue weighted by Crippen LogP contribution is -2.27. The van der Waals surface area contributed by atoms with Crippen LogP contribution in [0.3, 0.4) is 0 Å². The van der Waals surface area contributed by atoms with Gasteiger partial charge in [0.1, 0.15) is 11.3 Å². The zero-order valence-electron chi connectivity index (χ0n) is 8.92. The average molecular weight is 201 g/mol. The van der Waals surface area contributed by atoms with E-state index in [1.54, 1.807) is 0 Å². The molecule has 1 N–H and O–H groups in total. The second-order valence-electron chi connectivity index (χ2n) is 4.31. The van der Waals surface area contributed by atoms with Gasteiger partial charge in [-0.2, -0.15) is 0 Å². The molecule has 0 fully saturated rings. The summed E-state index contributed by atoms with van der Waals surface area (Å²) in [5.74, 6) is 1.17. The fourth-order valence-corrected chi connectivity index (χ4v) is 2.38. The molecule has 0 radical (unpaired) electrons. The third-order valence-electron chi connectivity index (χ3n) is 3.14. The molecule has 2 aromatic rings. The van der Waals surface area contributed by atoms with Crippen LogP contribution in [0.5, 0.6) is 0 Å². The lowest BCUT2D eigenvalue weighted by Gasteiger charge is -2.07. The number of rotatable bonds is 0. The van der Waals surface area contributed by atoms with Crippen LogP contribution in [0.2, 0.25) is 0 Å². The van der Waals surface area contributed by atoms with E-state index in [0.717, 1.165) is 25.0 Å². The quantitative estimate of drug-likeness (QED) is 0.708. The Morgan fingerprint density at radius 3 is 3.13 bits per heavy atom. The van der Waals surface area contributed by atoms with Crippen molar-refractivity contribution in [3.8, 4) is 0 Å². The predicted molar refractivity (Wildman–Crippen MR) is 61.1 cm³/mol. The van der Waals surface area contributed by atoms with Gasteiger partial charge in [0.05, 0.1) is 0 Å². The summed E-state index contributed by atoms with van der Waals surface area (Å²) in [4.78, 5) is 0. The third kappa shape index (κ3) is 1.45. The van der Waals surface area contributed by atoms with Gasteiger partial charge >= 0.3 is 0 Å². The molecule has 0 amide bonds. The van der Waals surface area contributed by atoms with E-state index < -0.39 is 0 Å². The van der Waals surface area contributed by atoms with E-state index >= 15 is 0 Å². The highest BCUT2D eigenvalue weighted by Crippen LogP contribution is 2.28. The van der Waals surface area contributed by atoms with Gasteiger partial charge < -0.3 is 9.73 Å². The van der Waals surface area contributed by atoms with Gasteiger partial charge in [-0.05, 0) is 26.0 Å². The van der Waals surface area contributed by atoms with Crippen molar-refractivity contribution in [2.45, 2.75) is 25.8 Å². The Hall–Kier alpha value is -1.28. The summed E-state index contributed by atoms with van der Waals surface area (Å²) in [6.45, 7) is 3.26. The van der Waals surface area contributed by atoms with Gasteiger partial charge in [-0.15, -0.1) is 0 Å². The monoisotopic (exact) mass is 201 g/mol. The van der Waals surface area contributed by atoms with E-state index in [-0.39, 0.29) is 0 Å². The van der Waals surface area contributed by atoms with E-state index in [0.29, 0.717) is 6.04 Å². The number of benzene rings is 1. The molecular weight excluding hydrogens is 186 g/mol. The van der Waals surface area contributed by atoms with Crippen LogP contribution in [-0.2, 0) is 12.8 Å². The minimum atomic E-state index is 0.520. The Labute approximate surface area is 89.3 Å². The van der Waals surface area contributed by atoms with E-state index in [1.165, 1.54) is 16.7 Å². The summed E-state index contributed by atoms with van der Waals surface area (Å²) < 4.78 is 5.90. The third-order valence-corrected chi connectivity index (χ3v) is 3.14. The van der Waals surface area contributed by atoms with Crippen molar-refractivity contribution in [3.05, 3.63) is 35.6 Å². The summed E-state index contributed by atoms with van der Waals surface area (Å²) in [5, 5.41) is 4.78. The minimum Gasteiger partial charge on any atom is -0.461 e. The summed E-state index contributed by atoms with van der Waals surface area (Å²) in [5.41, 5.74) is 2.44. The lowest BCUT2D eigenvalue weighted by atomic mass is 10.1. The lowest BCUT2D eigenvalue weighted by molar-refractivity contribution is 0.495. The van der Waals surface area contributed by atoms with Crippen LogP contribution in [0.1, 0.15) is 18.2 Å². The first-order valence-corrected chi connectivity index (χ1v) is 5.57. The molecule has 0 spiro atoms. The number of nitrogens with one attached hydrogen (secondary N) is 1. The first kappa shape index (κ1) is 8.98. The Bertz CT molecular complexity index is 486. The van der Waals surface area contributed by atoms with Crippen molar-refractivity contribution in [2.24, 2.45) is 0 Å². The summed E-state index contributed by atoms with van der Waals surface area (Å²) in [6.07, 6.45) is 2.08. The first-order valence-electron chi connectivity index (χ1n) is 5.57. The molecule has 1 aromatic carbocycles. The zero-order chi connectivity index (χ0) is 10.3. The highest BCUT2D eigenvalue weighted by molar-refractivity contribution is 5.82. The van der Waals surface area contributed by atoms with Crippen LogP contribution >= 0.6 is 0 Å². The number of fused-ring (bicyclic) bond motifs is 3. The SMILES string of the molecule is CC1Cc2oc3ccccc3c2CCN1. The molecule has 3 rings (SSSR count). The van der Waals surface area contributed by atoms with Crippen LogP contribution in [0.4, 0.5) is 0 Å². The minimum absolute atomic E-state index is 0.520. The van der Waals surface area contributed by atoms with Gasteiger partial charge in [0, 0.05) is 23.4 Å². The molecule has 15 heavy (non-hydrogen) atoms. The highest BCUT2D eigenvalue weighted by atomic mass is 16.3. The van der Waals surface area contributed by atoms with Gasteiger partial charge in [-0.1, -0.05) is 18.2 Å². The molecule has 1 aliphatic rings. The predicted octanol–water partition coefficient (Wildman–Crippen LogP) is 2.51. The topological polar surface area (TPSA) is 25.2 Å². The summed E-state index contributed by atoms with van der Waals surface area (Å²) in [7, 11) is 0. The van der Waals surface area contributed by atoms with Crippen molar-refractivity contribution >= 4 is 11.0 Å². The Morgan fingerprint density at radius 1 is 1.33 bits per heavy atom. The van der Waals surface area contributed by atoms with Crippen LogP contribution < -0.4 is 5.32 Å². The van der Waals surface area contributed by atoms with Gasteiger partial charge in [-0.3, -0.25) is 0 Å². The molecule has 0 saturated heterocycles. The van der Waals surface area contributed by atoms with Crippen molar-refractivity contribution < 1.29 is 4.42 Å². The Balaban J connectivity index is 2.19. The zero-order valence-corrected chi connectivity index (χ0v) is 8.92. The van der Waals surface area contributed by atoms with Crippen LogP contribution in [0, 0.1) is 0 Å². The van der Waals surface area contributed by atoms with E-state index in [4.69, 9.17) is 4.42 Å². The molecule has 2 heteroatoms. The average Bonchev–Trinajstić information content (AvgIpc) is 2.46. The number of furan rings is 1. The maximum Gasteiger partial charge on any atom is 0.134 e. The fourth-order valence-electron chi connectivity index (χ4n) is 2.38. The number of hydrogen-bond donors (Lipinski definition) is 1. The second kappa shape index (κ2) is 3.38. The van der Waals surface area contributed by atoms with Crippen LogP contribution in [0.15, 0.2) is 28.7 Å². The number of para-hydroxylation sites is 1. The maximum atomic E-state index is 5.90. The molecule has 1 aliphatic heterocycles. The second-order valence-corrected chi connectivity index (χ2v) is 4.31. The number of hydrogen-bond acceptors (Lipinski definition) is 2. The van der Waals surface area contributed by atoms with Crippen molar-refractivity contribution in [2.75, 3.05) is 6.54 Å². The fraction of sp³-hybridized carbons (Fsp3) is 0.385. The standard InChI is InChI=1S/C13H15NO/c1-9-8-13-11(6-7-14-9)10-4-2-3-5-12(10)15-13/h2-5,9,14H,6-8H2,1H3. The van der Waals surface area contributed by atoms with Crippen molar-refractivity contribution in [3.63, 3.8) is 0 Å². The maximum absolute atomic E-state index is 5.90. The van der Waals surface area contributed by atoms with Crippen molar-refractivity contribution in [1.82, 2.24) is 5.32 Å².